The fourth-order valence-electron chi connectivity index (χ4n) is 2.55. The number of aryl methyl sites for hydroxylation is 2. The van der Waals surface area contributed by atoms with E-state index in [2.05, 4.69) is 10.3 Å². The third-order valence-electron chi connectivity index (χ3n) is 3.63. The van der Waals surface area contributed by atoms with Gasteiger partial charge in [0.15, 0.2) is 5.78 Å². The lowest BCUT2D eigenvalue weighted by molar-refractivity contribution is 0.0956. The lowest BCUT2D eigenvalue weighted by Gasteiger charge is -2.11. The van der Waals surface area contributed by atoms with Gasteiger partial charge in [0.1, 0.15) is 0 Å². The van der Waals surface area contributed by atoms with Crippen molar-refractivity contribution in [1.82, 2.24) is 4.98 Å². The van der Waals surface area contributed by atoms with E-state index in [4.69, 9.17) is 0 Å². The highest BCUT2D eigenvalue weighted by Crippen LogP contribution is 2.24. The Balaban J connectivity index is 1.86. The molecule has 0 atom stereocenters. The number of rotatable bonds is 2. The predicted molar refractivity (Wildman–Crippen MR) is 77.2 cm³/mol. The van der Waals surface area contributed by atoms with E-state index in [9.17, 15) is 9.59 Å². The largest absolute Gasteiger partial charge is 0.364 e. The number of carbonyl (C=O) groups is 2. The summed E-state index contributed by atoms with van der Waals surface area (Å²) >= 11 is 0. The van der Waals surface area contributed by atoms with Crippen molar-refractivity contribution in [1.29, 1.82) is 0 Å². The summed E-state index contributed by atoms with van der Waals surface area (Å²) in [5, 5.41) is 2.83. The monoisotopic (exact) mass is 268 g/mol. The second-order valence-electron chi connectivity index (χ2n) is 5.15. The van der Waals surface area contributed by atoms with Crippen molar-refractivity contribution in [3.05, 3.63) is 52.8 Å². The van der Waals surface area contributed by atoms with Crippen LogP contribution in [0.15, 0.2) is 30.5 Å². The maximum atomic E-state index is 12.3. The van der Waals surface area contributed by atoms with Gasteiger partial charge in [-0.15, -0.1) is 0 Å². The Morgan fingerprint density at radius 2 is 1.95 bits per heavy atom. The molecule has 1 aromatic heterocycles. The Bertz CT molecular complexity index is 668. The zero-order valence-electron chi connectivity index (χ0n) is 11.3. The molecule has 4 heteroatoms. The summed E-state index contributed by atoms with van der Waals surface area (Å²) in [4.78, 5) is 27.3. The van der Waals surface area contributed by atoms with E-state index >= 15 is 0 Å². The van der Waals surface area contributed by atoms with Gasteiger partial charge in [-0.2, -0.15) is 0 Å². The minimum atomic E-state index is -0.235. The molecule has 3 rings (SSSR count). The Labute approximate surface area is 117 Å². The number of ketones is 1. The molecule has 102 valence electrons. The normalized spacial score (nSPS) is 13.9. The minimum Gasteiger partial charge on any atom is -0.364 e. The minimum absolute atomic E-state index is 0.0570. The van der Waals surface area contributed by atoms with Crippen molar-refractivity contribution in [2.24, 2.45) is 0 Å². The number of fused-ring (bicyclic) bond motifs is 1. The lowest BCUT2D eigenvalue weighted by atomic mass is 9.93. The highest BCUT2D eigenvalue weighted by atomic mass is 16.2. The first-order chi connectivity index (χ1) is 9.65. The third-order valence-corrected chi connectivity index (χ3v) is 3.63. The molecule has 1 heterocycles. The molecule has 0 saturated heterocycles. The molecule has 4 nitrogen and oxygen atoms in total. The molecule has 2 aromatic rings. The van der Waals surface area contributed by atoms with Crippen LogP contribution in [0.2, 0.25) is 0 Å². The van der Waals surface area contributed by atoms with Crippen LogP contribution in [-0.2, 0) is 6.42 Å². The summed E-state index contributed by atoms with van der Waals surface area (Å²) < 4.78 is 0. The van der Waals surface area contributed by atoms with E-state index < -0.39 is 0 Å². The number of benzene rings is 1. The topological polar surface area (TPSA) is 62.0 Å². The zero-order valence-corrected chi connectivity index (χ0v) is 11.3. The highest BCUT2D eigenvalue weighted by molar-refractivity contribution is 6.13. The van der Waals surface area contributed by atoms with Crippen molar-refractivity contribution in [3.63, 3.8) is 0 Å². The van der Waals surface area contributed by atoms with Gasteiger partial charge in [0.2, 0.25) is 0 Å². The van der Waals surface area contributed by atoms with Crippen molar-refractivity contribution >= 4 is 17.4 Å². The molecule has 0 bridgehead atoms. The number of aromatic amines is 1. The predicted octanol–water partition coefficient (Wildman–Crippen LogP) is 3.09. The van der Waals surface area contributed by atoms with Crippen LogP contribution in [0.3, 0.4) is 0 Å². The smallest absolute Gasteiger partial charge is 0.257 e. The molecule has 1 amide bonds. The van der Waals surface area contributed by atoms with Gasteiger partial charge in [0.25, 0.3) is 5.91 Å². The van der Waals surface area contributed by atoms with Crippen LogP contribution in [-0.4, -0.2) is 16.7 Å². The summed E-state index contributed by atoms with van der Waals surface area (Å²) in [6.45, 7) is 1.99. The first-order valence-corrected chi connectivity index (χ1v) is 6.76. The average molecular weight is 268 g/mol. The molecular formula is C16H16N2O2. The van der Waals surface area contributed by atoms with Crippen LogP contribution < -0.4 is 5.32 Å². The third kappa shape index (κ3) is 2.25. The maximum absolute atomic E-state index is 12.3. The Morgan fingerprint density at radius 3 is 2.70 bits per heavy atom. The average Bonchev–Trinajstić information content (AvgIpc) is 2.87. The van der Waals surface area contributed by atoms with E-state index in [1.807, 2.05) is 31.2 Å². The number of amides is 1. The number of carbonyl (C=O) groups excluding carboxylic acids is 2. The number of hydrogen-bond acceptors (Lipinski definition) is 2. The van der Waals surface area contributed by atoms with Crippen LogP contribution in [0, 0.1) is 6.92 Å². The van der Waals surface area contributed by atoms with Gasteiger partial charge in [-0.3, -0.25) is 9.59 Å². The molecule has 1 aromatic carbocycles. The van der Waals surface area contributed by atoms with E-state index in [0.29, 0.717) is 17.5 Å². The number of nitrogens with one attached hydrogen (secondary N) is 2. The van der Waals surface area contributed by atoms with Gasteiger partial charge < -0.3 is 10.3 Å². The first-order valence-electron chi connectivity index (χ1n) is 6.76. The number of aromatic nitrogens is 1. The second kappa shape index (κ2) is 4.96. The van der Waals surface area contributed by atoms with Gasteiger partial charge in [-0.25, -0.2) is 0 Å². The van der Waals surface area contributed by atoms with Crippen LogP contribution in [0.25, 0.3) is 0 Å². The summed E-state index contributed by atoms with van der Waals surface area (Å²) in [6.07, 6.45) is 3.84. The molecule has 20 heavy (non-hydrogen) atoms. The number of Topliss-reactive ketones (excluding diaryl/α,β-unsaturated/α-hetero) is 1. The number of hydrogen-bond donors (Lipinski definition) is 2. The molecule has 0 unspecified atom stereocenters. The molecule has 1 aliphatic carbocycles. The Morgan fingerprint density at radius 1 is 1.20 bits per heavy atom. The van der Waals surface area contributed by atoms with Crippen LogP contribution in [0.4, 0.5) is 5.69 Å². The summed E-state index contributed by atoms with van der Waals surface area (Å²) in [5.74, 6) is -0.178. The maximum Gasteiger partial charge on any atom is 0.257 e. The molecule has 0 radical (unpaired) electrons. The molecule has 0 saturated carbocycles. The zero-order chi connectivity index (χ0) is 14.1. The van der Waals surface area contributed by atoms with E-state index in [1.54, 1.807) is 6.20 Å². The Kier molecular flexibility index (Phi) is 3.14. The molecule has 0 fully saturated rings. The van der Waals surface area contributed by atoms with Crippen LogP contribution in [0.5, 0.6) is 0 Å². The summed E-state index contributed by atoms with van der Waals surface area (Å²) in [7, 11) is 0. The van der Waals surface area contributed by atoms with E-state index in [-0.39, 0.29) is 11.7 Å². The quantitative estimate of drug-likeness (QED) is 0.879. The van der Waals surface area contributed by atoms with Gasteiger partial charge in [-0.1, -0.05) is 17.7 Å². The number of anilines is 1. The fraction of sp³-hybridized carbons (Fsp3) is 0.250. The lowest BCUT2D eigenvalue weighted by Crippen LogP contribution is -2.17. The van der Waals surface area contributed by atoms with Crippen molar-refractivity contribution in [3.8, 4) is 0 Å². The van der Waals surface area contributed by atoms with Gasteiger partial charge in [-0.05, 0) is 31.9 Å². The molecule has 0 aliphatic heterocycles. The Hall–Kier alpha value is -2.36. The highest BCUT2D eigenvalue weighted by Gasteiger charge is 2.25. The first kappa shape index (κ1) is 12.7. The van der Waals surface area contributed by atoms with Gasteiger partial charge in [0, 0.05) is 24.0 Å². The van der Waals surface area contributed by atoms with Crippen molar-refractivity contribution in [2.75, 3.05) is 5.32 Å². The van der Waals surface area contributed by atoms with E-state index in [1.165, 1.54) is 0 Å². The molecule has 2 N–H and O–H groups in total. The van der Waals surface area contributed by atoms with Gasteiger partial charge >= 0.3 is 0 Å². The van der Waals surface area contributed by atoms with Crippen molar-refractivity contribution < 1.29 is 9.59 Å². The van der Waals surface area contributed by atoms with Gasteiger partial charge in [0.05, 0.1) is 11.1 Å². The van der Waals surface area contributed by atoms with Crippen molar-refractivity contribution in [2.45, 2.75) is 26.2 Å². The number of H-pyrrole nitrogens is 1. The standard InChI is InChI=1S/C16H16N2O2/c1-10-5-7-11(8-6-10)18-16(20)12-9-17-13-3-2-4-14(19)15(12)13/h5-9,17H,2-4H2,1H3,(H,18,20). The molecule has 0 spiro atoms. The molecular weight excluding hydrogens is 252 g/mol. The SMILES string of the molecule is Cc1ccc(NC(=O)c2c[nH]c3c2C(=O)CCC3)cc1. The molecule has 1 aliphatic rings. The van der Waals surface area contributed by atoms with Crippen LogP contribution >= 0.6 is 0 Å². The summed E-state index contributed by atoms with van der Waals surface area (Å²) in [6, 6.07) is 7.59. The summed E-state index contributed by atoms with van der Waals surface area (Å²) in [5.41, 5.74) is 3.78. The van der Waals surface area contributed by atoms with Crippen LogP contribution in [0.1, 0.15) is 44.8 Å². The second-order valence-corrected chi connectivity index (χ2v) is 5.15. The van der Waals surface area contributed by atoms with E-state index in [0.717, 1.165) is 29.8 Å². The fourth-order valence-corrected chi connectivity index (χ4v) is 2.55.